The summed E-state index contributed by atoms with van der Waals surface area (Å²) in [7, 11) is 0. The number of rotatable bonds is 1. The molecule has 3 nitrogen and oxygen atoms in total. The number of ketones is 1. The van der Waals surface area contributed by atoms with Gasteiger partial charge in [-0.15, -0.1) is 0 Å². The van der Waals surface area contributed by atoms with Crippen LogP contribution in [0.15, 0.2) is 42.0 Å². The molecule has 0 amide bonds. The van der Waals surface area contributed by atoms with E-state index in [2.05, 4.69) is 0 Å². The minimum Gasteiger partial charge on any atom is -0.508 e. The highest BCUT2D eigenvalue weighted by molar-refractivity contribution is 6.32. The number of hydrogen-bond acceptors (Lipinski definition) is 3. The van der Waals surface area contributed by atoms with E-state index in [1.165, 1.54) is 12.1 Å². The molecule has 0 aromatic heterocycles. The Morgan fingerprint density at radius 3 is 2.62 bits per heavy atom. The predicted molar refractivity (Wildman–Crippen MR) is 81.9 cm³/mol. The highest BCUT2D eigenvalue weighted by Crippen LogP contribution is 2.30. The molecule has 2 N–H and O–H groups in total. The van der Waals surface area contributed by atoms with E-state index in [1.54, 1.807) is 30.3 Å². The first-order valence-electron chi connectivity index (χ1n) is 6.60. The Hall–Kier alpha value is -2.26. The number of fused-ring (bicyclic) bond motifs is 1. The Kier molecular flexibility index (Phi) is 3.43. The number of carbonyl (C=O) groups excluding carboxylic acids is 1. The summed E-state index contributed by atoms with van der Waals surface area (Å²) in [6.07, 6.45) is 3.13. The summed E-state index contributed by atoms with van der Waals surface area (Å²) in [5.41, 5.74) is 2.99. The van der Waals surface area contributed by atoms with Gasteiger partial charge in [-0.25, -0.2) is 0 Å². The first-order chi connectivity index (χ1) is 10.0. The quantitative estimate of drug-likeness (QED) is 0.784. The van der Waals surface area contributed by atoms with E-state index in [1.807, 2.05) is 0 Å². The Morgan fingerprint density at radius 2 is 1.86 bits per heavy atom. The molecule has 0 heterocycles. The third-order valence-electron chi connectivity index (χ3n) is 3.60. The molecule has 0 aliphatic heterocycles. The second-order valence-corrected chi connectivity index (χ2v) is 5.46. The first kappa shape index (κ1) is 13.7. The number of phenolic OH excluding ortho intramolecular Hbond substituents is 2. The van der Waals surface area contributed by atoms with E-state index in [0.29, 0.717) is 24.0 Å². The van der Waals surface area contributed by atoms with Gasteiger partial charge in [0.1, 0.15) is 11.5 Å². The number of Topliss-reactive ketones (excluding diaryl/α,β-unsaturated/α-hetero) is 1. The highest BCUT2D eigenvalue weighted by Gasteiger charge is 2.22. The van der Waals surface area contributed by atoms with Crippen molar-refractivity contribution in [2.24, 2.45) is 0 Å². The van der Waals surface area contributed by atoms with Crippen LogP contribution in [0.2, 0.25) is 5.02 Å². The van der Waals surface area contributed by atoms with Crippen LogP contribution in [0.4, 0.5) is 0 Å². The zero-order valence-corrected chi connectivity index (χ0v) is 11.9. The van der Waals surface area contributed by atoms with Gasteiger partial charge in [-0.05, 0) is 60.4 Å². The highest BCUT2D eigenvalue weighted by atomic mass is 35.5. The molecule has 0 atom stereocenters. The normalized spacial score (nSPS) is 16.0. The topological polar surface area (TPSA) is 57.5 Å². The molecule has 21 heavy (non-hydrogen) atoms. The van der Waals surface area contributed by atoms with Gasteiger partial charge >= 0.3 is 0 Å². The minimum atomic E-state index is -0.0274. The standard InChI is InChI=1S/C17H13ClO3/c18-15-8-10(1-6-16(15)20)7-12-3-2-11-9-13(19)4-5-14(11)17(12)21/h1,4-9,19-20H,2-3H2/b12-7+. The fourth-order valence-corrected chi connectivity index (χ4v) is 2.71. The van der Waals surface area contributed by atoms with Gasteiger partial charge in [0.25, 0.3) is 0 Å². The molecule has 1 aliphatic rings. The van der Waals surface area contributed by atoms with Crippen LogP contribution in [-0.2, 0) is 6.42 Å². The van der Waals surface area contributed by atoms with Gasteiger partial charge in [0.15, 0.2) is 5.78 Å². The average Bonchev–Trinajstić information content (AvgIpc) is 2.46. The van der Waals surface area contributed by atoms with Crippen LogP contribution in [0.5, 0.6) is 11.5 Å². The molecule has 1 aliphatic carbocycles. The van der Waals surface area contributed by atoms with Gasteiger partial charge < -0.3 is 10.2 Å². The predicted octanol–water partition coefficient (Wildman–Crippen LogP) is 3.96. The lowest BCUT2D eigenvalue weighted by Crippen LogP contribution is -2.13. The summed E-state index contributed by atoms with van der Waals surface area (Å²) in [6, 6.07) is 9.67. The molecule has 0 bridgehead atoms. The lowest BCUT2D eigenvalue weighted by atomic mass is 9.86. The van der Waals surface area contributed by atoms with Gasteiger partial charge in [-0.3, -0.25) is 4.79 Å². The summed E-state index contributed by atoms with van der Waals surface area (Å²) in [5, 5.41) is 19.1. The molecule has 2 aromatic rings. The van der Waals surface area contributed by atoms with Gasteiger partial charge in [-0.2, -0.15) is 0 Å². The second kappa shape index (κ2) is 5.26. The smallest absolute Gasteiger partial charge is 0.189 e. The SMILES string of the molecule is O=C1/C(=C/c2ccc(O)c(Cl)c2)CCc2cc(O)ccc21. The van der Waals surface area contributed by atoms with Crippen molar-refractivity contribution in [1.82, 2.24) is 0 Å². The Bertz CT molecular complexity index is 763. The van der Waals surface area contributed by atoms with Crippen molar-refractivity contribution in [1.29, 1.82) is 0 Å². The maximum atomic E-state index is 12.5. The van der Waals surface area contributed by atoms with E-state index in [4.69, 9.17) is 11.6 Å². The third kappa shape index (κ3) is 2.65. The number of halogens is 1. The fourth-order valence-electron chi connectivity index (χ4n) is 2.52. The van der Waals surface area contributed by atoms with Crippen molar-refractivity contribution in [3.05, 3.63) is 63.7 Å². The summed E-state index contributed by atoms with van der Waals surface area (Å²) >= 11 is 5.87. The Balaban J connectivity index is 1.97. The largest absolute Gasteiger partial charge is 0.508 e. The summed E-state index contributed by atoms with van der Waals surface area (Å²) in [4.78, 5) is 12.5. The molecule has 3 rings (SSSR count). The van der Waals surface area contributed by atoms with Crippen LogP contribution in [0, 0.1) is 0 Å². The van der Waals surface area contributed by atoms with Gasteiger partial charge in [-0.1, -0.05) is 17.7 Å². The summed E-state index contributed by atoms with van der Waals surface area (Å²) in [6.45, 7) is 0. The van der Waals surface area contributed by atoms with E-state index in [0.717, 1.165) is 11.1 Å². The molecule has 0 radical (unpaired) electrons. The van der Waals surface area contributed by atoms with Crippen LogP contribution in [0.3, 0.4) is 0 Å². The van der Waals surface area contributed by atoms with Crippen molar-refractivity contribution >= 4 is 23.5 Å². The number of phenols is 2. The average molecular weight is 301 g/mol. The molecule has 0 unspecified atom stereocenters. The van der Waals surface area contributed by atoms with Crippen LogP contribution in [0.1, 0.15) is 27.9 Å². The lowest BCUT2D eigenvalue weighted by molar-refractivity contribution is 0.102. The van der Waals surface area contributed by atoms with E-state index in [-0.39, 0.29) is 22.3 Å². The number of benzene rings is 2. The van der Waals surface area contributed by atoms with Crippen molar-refractivity contribution in [3.63, 3.8) is 0 Å². The maximum Gasteiger partial charge on any atom is 0.189 e. The number of carbonyl (C=O) groups is 1. The Morgan fingerprint density at radius 1 is 1.05 bits per heavy atom. The van der Waals surface area contributed by atoms with E-state index in [9.17, 15) is 15.0 Å². The zero-order chi connectivity index (χ0) is 15.0. The molecule has 2 aromatic carbocycles. The van der Waals surface area contributed by atoms with Crippen LogP contribution >= 0.6 is 11.6 Å². The molecule has 0 fully saturated rings. The molecular weight excluding hydrogens is 288 g/mol. The molecule has 0 saturated heterocycles. The number of aromatic hydroxyl groups is 2. The maximum absolute atomic E-state index is 12.5. The van der Waals surface area contributed by atoms with E-state index >= 15 is 0 Å². The van der Waals surface area contributed by atoms with Gasteiger partial charge in [0, 0.05) is 11.1 Å². The second-order valence-electron chi connectivity index (χ2n) is 5.05. The minimum absolute atomic E-state index is 0.0228. The third-order valence-corrected chi connectivity index (χ3v) is 3.90. The summed E-state index contributed by atoms with van der Waals surface area (Å²) < 4.78 is 0. The molecule has 106 valence electrons. The van der Waals surface area contributed by atoms with Crippen molar-refractivity contribution < 1.29 is 15.0 Å². The molecule has 0 spiro atoms. The fraction of sp³-hybridized carbons (Fsp3) is 0.118. The number of hydrogen-bond donors (Lipinski definition) is 2. The molecule has 4 heteroatoms. The number of aryl methyl sites for hydroxylation is 1. The van der Waals surface area contributed by atoms with Crippen LogP contribution in [-0.4, -0.2) is 16.0 Å². The molecule has 0 saturated carbocycles. The van der Waals surface area contributed by atoms with Crippen molar-refractivity contribution in [2.75, 3.05) is 0 Å². The van der Waals surface area contributed by atoms with E-state index < -0.39 is 0 Å². The van der Waals surface area contributed by atoms with Crippen LogP contribution in [0.25, 0.3) is 6.08 Å². The van der Waals surface area contributed by atoms with Crippen molar-refractivity contribution in [3.8, 4) is 11.5 Å². The monoisotopic (exact) mass is 300 g/mol. The van der Waals surface area contributed by atoms with Gasteiger partial charge in [0.05, 0.1) is 5.02 Å². The molecular formula is C17H13ClO3. The van der Waals surface area contributed by atoms with Crippen molar-refractivity contribution in [2.45, 2.75) is 12.8 Å². The first-order valence-corrected chi connectivity index (χ1v) is 6.98. The van der Waals surface area contributed by atoms with Crippen LogP contribution < -0.4 is 0 Å². The zero-order valence-electron chi connectivity index (χ0n) is 11.1. The number of allylic oxidation sites excluding steroid dienone is 1. The Labute approximate surface area is 127 Å². The summed E-state index contributed by atoms with van der Waals surface area (Å²) in [5.74, 6) is 0.175. The lowest BCUT2D eigenvalue weighted by Gasteiger charge is -2.17. The van der Waals surface area contributed by atoms with Gasteiger partial charge in [0.2, 0.25) is 0 Å².